The molecular weight excluding hydrogens is 916 g/mol. The number of unbranched alkanes of at least 4 members (excludes halogenated alkanes) is 3. The fourth-order valence-electron chi connectivity index (χ4n) is 9.81. The van der Waals surface area contributed by atoms with Crippen molar-refractivity contribution in [2.24, 2.45) is 5.41 Å². The molecule has 0 aliphatic carbocycles. The lowest BCUT2D eigenvalue weighted by atomic mass is 9.85. The number of carbonyl (C=O) groups is 3. The molecule has 0 radical (unpaired) electrons. The zero-order valence-electron chi connectivity index (χ0n) is 41.6. The molecule has 1 saturated heterocycles. The number of aliphatic hydroxyl groups excluding tert-OH is 1. The van der Waals surface area contributed by atoms with E-state index in [4.69, 9.17) is 4.74 Å². The summed E-state index contributed by atoms with van der Waals surface area (Å²) in [7, 11) is 0. The van der Waals surface area contributed by atoms with Crippen LogP contribution in [-0.4, -0.2) is 105 Å². The lowest BCUT2D eigenvalue weighted by molar-refractivity contribution is -0.144. The normalized spacial score (nSPS) is 19.0. The van der Waals surface area contributed by atoms with Gasteiger partial charge < -0.3 is 35.7 Å². The van der Waals surface area contributed by atoms with E-state index in [0.717, 1.165) is 64.0 Å². The quantitative estimate of drug-likeness (QED) is 0.0457. The van der Waals surface area contributed by atoms with E-state index < -0.39 is 52.9 Å². The molecule has 2 aliphatic heterocycles. The number of aromatic nitrogens is 2. The van der Waals surface area contributed by atoms with Crippen LogP contribution in [0.1, 0.15) is 121 Å². The second kappa shape index (κ2) is 22.9. The number of para-hydroxylation sites is 1. The van der Waals surface area contributed by atoms with E-state index in [2.05, 4.69) is 25.9 Å². The van der Waals surface area contributed by atoms with Gasteiger partial charge in [0, 0.05) is 72.8 Å². The van der Waals surface area contributed by atoms with E-state index in [1.54, 1.807) is 11.3 Å². The summed E-state index contributed by atoms with van der Waals surface area (Å²) >= 11 is 1.57. The number of thiazole rings is 1. The highest BCUT2D eigenvalue weighted by molar-refractivity contribution is 7.13. The van der Waals surface area contributed by atoms with Crippen LogP contribution in [0.25, 0.3) is 21.3 Å². The average molecular weight is 986 g/mol. The first-order chi connectivity index (χ1) is 33.3. The van der Waals surface area contributed by atoms with Crippen molar-refractivity contribution >= 4 is 40.0 Å². The molecule has 378 valence electrons. The third-order valence-electron chi connectivity index (χ3n) is 13.4. The van der Waals surface area contributed by atoms with Gasteiger partial charge in [-0.05, 0) is 94.6 Å². The lowest BCUT2D eigenvalue weighted by Crippen LogP contribution is -2.57. The standard InChI is InChI=1S/C54H70F3N7O5S/c1-33-25-40-39-15-10-11-16-43(39)61-47(40)48(64(33)31-54(6,7)57)46-41(55)27-38(28-42(46)56)69-24-13-9-8-12-22-58-23-14-17-45(66)62-50(53(3,4)5)52(68)63-30-37(65)26-44(63)51(67)59-29-35-18-20-36(21-19-35)49-34(2)60-32-70-49/h10-11,15-16,18-21,27-28,32-33,37,44,48,50,58,61,65H,8-9,12-14,17,22-26,29-31H2,1-7H3,(H,59,67)(H,62,66)/t33-,37-,44+,48-,50-/m1/s1. The van der Waals surface area contributed by atoms with Crippen molar-refractivity contribution in [3.63, 3.8) is 0 Å². The molecular formula is C54H70F3N7O5S. The number of aliphatic hydroxyl groups is 1. The molecule has 1 fully saturated rings. The minimum atomic E-state index is -1.59. The number of H-pyrrole nitrogens is 1. The molecule has 0 unspecified atom stereocenters. The predicted molar refractivity (Wildman–Crippen MR) is 269 cm³/mol. The van der Waals surface area contributed by atoms with Gasteiger partial charge in [0.2, 0.25) is 17.7 Å². The van der Waals surface area contributed by atoms with Gasteiger partial charge in [0.15, 0.2) is 0 Å². The molecule has 5 atom stereocenters. The third kappa shape index (κ3) is 13.0. The van der Waals surface area contributed by atoms with Gasteiger partial charge in [0.25, 0.3) is 0 Å². The van der Waals surface area contributed by atoms with E-state index in [9.17, 15) is 19.5 Å². The highest BCUT2D eigenvalue weighted by Crippen LogP contribution is 2.44. The van der Waals surface area contributed by atoms with Crippen LogP contribution >= 0.6 is 11.3 Å². The zero-order valence-corrected chi connectivity index (χ0v) is 42.4. The molecule has 0 saturated carbocycles. The summed E-state index contributed by atoms with van der Waals surface area (Å²) < 4.78 is 53.1. The van der Waals surface area contributed by atoms with Crippen LogP contribution in [0.5, 0.6) is 5.75 Å². The summed E-state index contributed by atoms with van der Waals surface area (Å²) in [5.41, 5.74) is 4.91. The molecule has 3 amide bonds. The van der Waals surface area contributed by atoms with E-state index in [-0.39, 0.29) is 61.6 Å². The van der Waals surface area contributed by atoms with Crippen LogP contribution in [0.3, 0.4) is 0 Å². The van der Waals surface area contributed by atoms with Crippen molar-refractivity contribution in [1.29, 1.82) is 0 Å². The number of halogens is 3. The number of nitrogens with one attached hydrogen (secondary N) is 4. The van der Waals surface area contributed by atoms with E-state index >= 15 is 13.2 Å². The Hall–Kier alpha value is -5.29. The summed E-state index contributed by atoms with van der Waals surface area (Å²) in [4.78, 5) is 52.7. The summed E-state index contributed by atoms with van der Waals surface area (Å²) in [6.07, 6.45) is 3.99. The van der Waals surface area contributed by atoms with Crippen LogP contribution in [-0.2, 0) is 27.3 Å². The van der Waals surface area contributed by atoms with Crippen LogP contribution in [0.4, 0.5) is 13.2 Å². The number of nitrogens with zero attached hydrogens (tertiary/aromatic N) is 3. The second-order valence-corrected chi connectivity index (χ2v) is 21.6. The minimum Gasteiger partial charge on any atom is -0.493 e. The summed E-state index contributed by atoms with van der Waals surface area (Å²) in [6, 6.07) is 15.4. The molecule has 7 rings (SSSR count). The number of carbonyl (C=O) groups excluding carboxylic acids is 3. The number of hydrogen-bond donors (Lipinski definition) is 5. The van der Waals surface area contributed by atoms with Crippen LogP contribution < -0.4 is 20.7 Å². The molecule has 2 aromatic heterocycles. The van der Waals surface area contributed by atoms with Gasteiger partial charge in [-0.25, -0.2) is 18.2 Å². The number of fused-ring (bicyclic) bond motifs is 3. The zero-order chi connectivity index (χ0) is 50.3. The number of alkyl halides is 1. The maximum atomic E-state index is 16.1. The van der Waals surface area contributed by atoms with Crippen molar-refractivity contribution in [2.45, 2.75) is 142 Å². The number of rotatable bonds is 21. The van der Waals surface area contributed by atoms with E-state index in [0.29, 0.717) is 38.1 Å². The Morgan fingerprint density at radius 1 is 0.971 bits per heavy atom. The van der Waals surface area contributed by atoms with Crippen molar-refractivity contribution in [3.05, 3.63) is 106 Å². The Balaban J connectivity index is 0.808. The van der Waals surface area contributed by atoms with Gasteiger partial charge in [-0.3, -0.25) is 19.3 Å². The SMILES string of the molecule is Cc1ncsc1-c1ccc(CNC(=O)[C@@H]2C[C@@H](O)CN2C(=O)[C@@H](NC(=O)CCCNCCCCCCOc2cc(F)c([C@@H]3c4[nH]c5ccccc5c4C[C@@H](C)N3CC(C)(C)F)c(F)c2)C(C)(C)C)cc1. The van der Waals surface area contributed by atoms with Gasteiger partial charge >= 0.3 is 0 Å². The first-order valence-electron chi connectivity index (χ1n) is 24.7. The third-order valence-corrected chi connectivity index (χ3v) is 14.4. The van der Waals surface area contributed by atoms with Gasteiger partial charge in [0.1, 0.15) is 35.1 Å². The molecule has 12 nitrogen and oxygen atoms in total. The Kier molecular flexibility index (Phi) is 17.1. The number of benzene rings is 3. The molecule has 70 heavy (non-hydrogen) atoms. The van der Waals surface area contributed by atoms with Crippen molar-refractivity contribution in [3.8, 4) is 16.2 Å². The smallest absolute Gasteiger partial charge is 0.246 e. The predicted octanol–water partition coefficient (Wildman–Crippen LogP) is 9.08. The summed E-state index contributed by atoms with van der Waals surface area (Å²) in [6.45, 7) is 14.4. The van der Waals surface area contributed by atoms with Gasteiger partial charge in [-0.2, -0.15) is 0 Å². The van der Waals surface area contributed by atoms with Gasteiger partial charge in [-0.1, -0.05) is 76.1 Å². The monoisotopic (exact) mass is 986 g/mol. The molecule has 0 bridgehead atoms. The second-order valence-electron chi connectivity index (χ2n) is 20.8. The Morgan fingerprint density at radius 3 is 2.36 bits per heavy atom. The number of hydrogen-bond acceptors (Lipinski definition) is 9. The largest absolute Gasteiger partial charge is 0.493 e. The Morgan fingerprint density at radius 2 is 1.67 bits per heavy atom. The fourth-order valence-corrected chi connectivity index (χ4v) is 10.6. The lowest BCUT2D eigenvalue weighted by Gasteiger charge is -2.43. The fraction of sp³-hybridized carbons (Fsp3) is 0.519. The highest BCUT2D eigenvalue weighted by atomic mass is 32.1. The first kappa shape index (κ1) is 52.5. The average Bonchev–Trinajstić information content (AvgIpc) is 4.02. The molecule has 3 aromatic carbocycles. The van der Waals surface area contributed by atoms with Crippen molar-refractivity contribution in [1.82, 2.24) is 35.7 Å². The minimum absolute atomic E-state index is 0.00327. The maximum Gasteiger partial charge on any atom is 0.246 e. The number of aromatic amines is 1. The first-order valence-corrected chi connectivity index (χ1v) is 25.6. The van der Waals surface area contributed by atoms with E-state index in [1.165, 1.54) is 30.9 Å². The molecule has 4 heterocycles. The topological polar surface area (TPSA) is 152 Å². The van der Waals surface area contributed by atoms with Gasteiger partial charge in [0.05, 0.1) is 34.8 Å². The van der Waals surface area contributed by atoms with Gasteiger partial charge in [-0.15, -0.1) is 11.3 Å². The number of likely N-dealkylation sites (tertiary alicyclic amines) is 1. The van der Waals surface area contributed by atoms with E-state index in [1.807, 2.05) is 93.6 Å². The summed E-state index contributed by atoms with van der Waals surface area (Å²) in [5, 5.41) is 20.8. The van der Waals surface area contributed by atoms with Crippen molar-refractivity contribution < 1.29 is 37.4 Å². The number of amides is 3. The molecule has 0 spiro atoms. The van der Waals surface area contributed by atoms with Crippen LogP contribution in [0, 0.1) is 24.0 Å². The molecule has 2 aliphatic rings. The Bertz CT molecular complexity index is 2570. The summed E-state index contributed by atoms with van der Waals surface area (Å²) in [5.74, 6) is -2.38. The van der Waals surface area contributed by atoms with Crippen molar-refractivity contribution in [2.75, 3.05) is 32.8 Å². The molecule has 16 heteroatoms. The van der Waals surface area contributed by atoms with Crippen LogP contribution in [0.2, 0.25) is 0 Å². The Labute approximate surface area is 414 Å². The number of aryl methyl sites for hydroxylation is 1. The molecule has 5 N–H and O–H groups in total. The number of ether oxygens (including phenoxy) is 1. The van der Waals surface area contributed by atoms with Crippen LogP contribution in [0.15, 0.2) is 66.2 Å². The maximum absolute atomic E-state index is 16.1. The highest BCUT2D eigenvalue weighted by Gasteiger charge is 2.45. The molecule has 5 aromatic rings. The number of β-amino-alcohol motifs (C(OH)–C–C–N with tert-alkyl or cyclic N) is 1.